The van der Waals surface area contributed by atoms with E-state index in [1.807, 2.05) is 33.3 Å². The Morgan fingerprint density at radius 1 is 0.456 bits per heavy atom. The van der Waals surface area contributed by atoms with E-state index >= 15 is 0 Å². The lowest BCUT2D eigenvalue weighted by Gasteiger charge is -2.30. The Labute approximate surface area is 486 Å². The van der Waals surface area contributed by atoms with Crippen LogP contribution < -0.4 is 10.2 Å². The van der Waals surface area contributed by atoms with Crippen LogP contribution >= 0.6 is 7.82 Å². The van der Waals surface area contributed by atoms with Gasteiger partial charge in [-0.25, -0.2) is 0 Å². The molecule has 452 valence electrons. The van der Waals surface area contributed by atoms with Crippen molar-refractivity contribution in [1.82, 2.24) is 5.32 Å². The molecule has 1 N–H and O–H groups in total. The summed E-state index contributed by atoms with van der Waals surface area (Å²) in [6, 6.07) is -0.915. The molecule has 0 heterocycles. The van der Waals surface area contributed by atoms with E-state index in [9.17, 15) is 19.0 Å². The second-order valence-corrected chi connectivity index (χ2v) is 23.6. The number of esters is 1. The molecule has 0 saturated carbocycles. The van der Waals surface area contributed by atoms with Crippen LogP contribution in [0.4, 0.5) is 0 Å². The van der Waals surface area contributed by atoms with E-state index in [1.54, 1.807) is 0 Å². The molecule has 0 fully saturated rings. The summed E-state index contributed by atoms with van der Waals surface area (Å²) >= 11 is 0. The Kier molecular flexibility index (Phi) is 55.0. The molecule has 0 aromatic rings. The van der Waals surface area contributed by atoms with Crippen molar-refractivity contribution in [1.29, 1.82) is 0 Å². The first-order valence-electron chi connectivity index (χ1n) is 31.8. The van der Waals surface area contributed by atoms with Crippen molar-refractivity contribution in [3.8, 4) is 0 Å². The number of carbonyl (C=O) groups excluding carboxylic acids is 2. The first-order valence-corrected chi connectivity index (χ1v) is 33.3. The summed E-state index contributed by atoms with van der Waals surface area (Å²) in [6.07, 6.45) is 80.2. The summed E-state index contributed by atoms with van der Waals surface area (Å²) in [7, 11) is 1.14. The van der Waals surface area contributed by atoms with Crippen molar-refractivity contribution in [2.75, 3.05) is 40.9 Å². The Morgan fingerprint density at radius 3 is 1.24 bits per heavy atom. The average molecular weight is 1120 g/mol. The van der Waals surface area contributed by atoms with Crippen molar-refractivity contribution in [2.45, 2.75) is 264 Å². The maximum Gasteiger partial charge on any atom is 0.306 e. The van der Waals surface area contributed by atoms with Crippen molar-refractivity contribution < 1.29 is 37.3 Å². The molecular formula is C69H119N2O7P. The molecular weight excluding hydrogens is 1000 g/mol. The number of phosphoric ester groups is 1. The zero-order valence-electron chi connectivity index (χ0n) is 51.5. The third-order valence-corrected chi connectivity index (χ3v) is 14.3. The molecule has 79 heavy (non-hydrogen) atoms. The normalized spacial score (nSPS) is 14.5. The average Bonchev–Trinajstić information content (AvgIpc) is 3.41. The van der Waals surface area contributed by atoms with Crippen molar-refractivity contribution in [3.63, 3.8) is 0 Å². The Hall–Kier alpha value is -3.59. The highest BCUT2D eigenvalue weighted by molar-refractivity contribution is 7.45. The molecule has 0 spiro atoms. The molecule has 0 saturated heterocycles. The first kappa shape index (κ1) is 75.4. The number of rotatable bonds is 56. The number of hydrogen-bond acceptors (Lipinski definition) is 7. The molecule has 1 amide bonds. The van der Waals surface area contributed by atoms with Gasteiger partial charge in [0.15, 0.2) is 0 Å². The summed E-state index contributed by atoms with van der Waals surface area (Å²) in [5, 5.41) is 3.01. The van der Waals surface area contributed by atoms with Gasteiger partial charge in [0.05, 0.1) is 33.8 Å². The summed E-state index contributed by atoms with van der Waals surface area (Å²) in [4.78, 5) is 40.0. The zero-order chi connectivity index (χ0) is 57.9. The molecule has 0 radical (unpaired) electrons. The highest BCUT2D eigenvalue weighted by Gasteiger charge is 2.27. The van der Waals surface area contributed by atoms with E-state index in [4.69, 9.17) is 13.8 Å². The molecule has 0 aromatic heterocycles. The molecule has 0 aliphatic carbocycles. The van der Waals surface area contributed by atoms with E-state index in [-0.39, 0.29) is 31.3 Å². The van der Waals surface area contributed by atoms with E-state index in [0.717, 1.165) is 135 Å². The van der Waals surface area contributed by atoms with Gasteiger partial charge in [-0.2, -0.15) is 0 Å². The second kappa shape index (κ2) is 57.6. The van der Waals surface area contributed by atoms with Crippen LogP contribution in [0.1, 0.15) is 252 Å². The number of nitrogens with one attached hydrogen (secondary N) is 1. The number of allylic oxidation sites excluding steroid dienone is 19. The van der Waals surface area contributed by atoms with Crippen LogP contribution in [-0.4, -0.2) is 69.4 Å². The maximum absolute atomic E-state index is 13.5. The van der Waals surface area contributed by atoms with Gasteiger partial charge >= 0.3 is 5.97 Å². The van der Waals surface area contributed by atoms with Gasteiger partial charge in [0.25, 0.3) is 7.82 Å². The summed E-state index contributed by atoms with van der Waals surface area (Å²) in [5.74, 6) is -0.592. The lowest BCUT2D eigenvalue weighted by Crippen LogP contribution is -2.47. The van der Waals surface area contributed by atoms with Crippen LogP contribution in [0.2, 0.25) is 0 Å². The molecule has 0 rings (SSSR count). The van der Waals surface area contributed by atoms with Crippen LogP contribution in [-0.2, 0) is 27.9 Å². The molecule has 0 aromatic carbocycles. The number of carbonyl (C=O) groups is 2. The number of unbranched alkanes of at least 4 members (excludes halogenated alkanes) is 22. The number of ether oxygens (including phenoxy) is 1. The number of nitrogens with zero attached hydrogens (tertiary/aromatic N) is 1. The first-order chi connectivity index (χ1) is 38.4. The third-order valence-electron chi connectivity index (χ3n) is 13.4. The quantitative estimate of drug-likeness (QED) is 0.0212. The van der Waals surface area contributed by atoms with Crippen LogP contribution in [0, 0.1) is 0 Å². The van der Waals surface area contributed by atoms with Gasteiger partial charge in [-0.3, -0.25) is 14.2 Å². The van der Waals surface area contributed by atoms with Gasteiger partial charge in [0.2, 0.25) is 5.91 Å². The molecule has 9 nitrogen and oxygen atoms in total. The highest BCUT2D eigenvalue weighted by Crippen LogP contribution is 2.38. The number of phosphoric acid groups is 1. The SMILES string of the molecule is CC/C=C\C/C=C\C/C=C\C/C=C\C/C=C\CCCCCCCC(=O)NC(COP(=O)([O-])OCC[N+](C)(C)C)C(/C=C/CCCCCCCCCCC)OC(=O)CCCCCCC/C=C\C/C=C\C/C=C\C/C=C\CCCCC. The van der Waals surface area contributed by atoms with E-state index in [1.165, 1.54) is 70.6 Å². The van der Waals surface area contributed by atoms with E-state index in [2.05, 4.69) is 135 Å². The topological polar surface area (TPSA) is 114 Å². The maximum atomic E-state index is 13.5. The van der Waals surface area contributed by atoms with Crippen LogP contribution in [0.25, 0.3) is 0 Å². The summed E-state index contributed by atoms with van der Waals surface area (Å²) in [5.41, 5.74) is 0. The largest absolute Gasteiger partial charge is 0.756 e. The molecule has 0 aliphatic rings. The predicted molar refractivity (Wildman–Crippen MR) is 339 cm³/mol. The smallest absolute Gasteiger partial charge is 0.306 e. The molecule has 0 bridgehead atoms. The van der Waals surface area contributed by atoms with Crippen LogP contribution in [0.5, 0.6) is 0 Å². The Balaban J connectivity index is 5.28. The fraction of sp³-hybridized carbons (Fsp3) is 0.681. The number of likely N-dealkylation sites (N-methyl/N-ethyl adjacent to an activating group) is 1. The van der Waals surface area contributed by atoms with Crippen molar-refractivity contribution >= 4 is 19.7 Å². The zero-order valence-corrected chi connectivity index (χ0v) is 52.4. The summed E-state index contributed by atoms with van der Waals surface area (Å²) < 4.78 is 30.3. The molecule has 3 atom stereocenters. The molecule has 0 aliphatic heterocycles. The minimum atomic E-state index is -4.72. The lowest BCUT2D eigenvalue weighted by molar-refractivity contribution is -0.870. The van der Waals surface area contributed by atoms with Crippen LogP contribution in [0.3, 0.4) is 0 Å². The third kappa shape index (κ3) is 58.9. The van der Waals surface area contributed by atoms with E-state index in [0.29, 0.717) is 23.9 Å². The van der Waals surface area contributed by atoms with Gasteiger partial charge in [-0.15, -0.1) is 0 Å². The predicted octanol–water partition coefficient (Wildman–Crippen LogP) is 19.3. The number of quaternary nitrogens is 1. The van der Waals surface area contributed by atoms with Gasteiger partial charge in [-0.1, -0.05) is 239 Å². The van der Waals surface area contributed by atoms with Gasteiger partial charge < -0.3 is 28.5 Å². The Morgan fingerprint density at radius 2 is 0.810 bits per heavy atom. The lowest BCUT2D eigenvalue weighted by atomic mass is 10.1. The van der Waals surface area contributed by atoms with Crippen LogP contribution in [0.15, 0.2) is 122 Å². The number of hydrogen-bond donors (Lipinski definition) is 1. The van der Waals surface area contributed by atoms with E-state index < -0.39 is 26.6 Å². The van der Waals surface area contributed by atoms with Gasteiger partial charge in [-0.05, 0) is 122 Å². The minimum Gasteiger partial charge on any atom is -0.756 e. The van der Waals surface area contributed by atoms with Gasteiger partial charge in [0, 0.05) is 12.8 Å². The monoisotopic (exact) mass is 1120 g/mol. The minimum absolute atomic E-state index is 0.0365. The number of amides is 1. The Bertz CT molecular complexity index is 1770. The van der Waals surface area contributed by atoms with Gasteiger partial charge in [0.1, 0.15) is 19.3 Å². The molecule has 10 heteroatoms. The fourth-order valence-corrected chi connectivity index (χ4v) is 9.19. The highest BCUT2D eigenvalue weighted by atomic mass is 31.2. The second-order valence-electron chi connectivity index (χ2n) is 22.2. The molecule has 3 unspecified atom stereocenters. The van der Waals surface area contributed by atoms with Crippen molar-refractivity contribution in [2.24, 2.45) is 0 Å². The van der Waals surface area contributed by atoms with Crippen molar-refractivity contribution in [3.05, 3.63) is 122 Å². The fourth-order valence-electron chi connectivity index (χ4n) is 8.47. The standard InChI is InChI=1S/C69H119N2O7P/c1-7-10-13-16-19-22-25-27-29-31-33-35-37-39-41-43-46-49-52-55-58-61-68(72)70-66(65-77-79(74,75)76-64-63-71(4,5)6)67(60-57-54-51-48-45-24-21-18-15-12-9-3)78-69(73)62-59-56-53-50-47-44-42-40-38-36-34-32-30-28-26-23-20-17-14-11-8-2/h10,13,19-20,22-23,27-30,33-36,39-42,57,60,66-67H,7-9,11-12,14-18,21,24-26,31-32,37-38,43-56,58-59,61-65H2,1-6H3,(H-,70,72,74,75)/b13-10-,22-19-,23-20-,29-27-,30-28-,35-33-,36-34-,41-39-,42-40-,60-57+. The summed E-state index contributed by atoms with van der Waals surface area (Å²) in [6.45, 7) is 6.65.